The van der Waals surface area contributed by atoms with Crippen molar-refractivity contribution in [3.63, 3.8) is 0 Å². The Morgan fingerprint density at radius 2 is 0.681 bits per heavy atom. The van der Waals surface area contributed by atoms with E-state index in [1.165, 1.54) is 0 Å². The molecule has 6 heteroatoms. The molecule has 0 fully saturated rings. The normalized spacial score (nSPS) is 11.5. The summed E-state index contributed by atoms with van der Waals surface area (Å²) < 4.78 is 13.2. The summed E-state index contributed by atoms with van der Waals surface area (Å²) in [6, 6.07) is 81.8. The van der Waals surface area contributed by atoms with Crippen LogP contribution in [0.15, 0.2) is 245 Å². The van der Waals surface area contributed by atoms with E-state index in [4.69, 9.17) is 23.8 Å². The average Bonchev–Trinajstić information content (AvgIpc) is 4.01. The lowest BCUT2D eigenvalue weighted by molar-refractivity contribution is 0.669. The summed E-state index contributed by atoms with van der Waals surface area (Å²) in [7, 11) is 0. The molecule has 13 rings (SSSR count). The van der Waals surface area contributed by atoms with Gasteiger partial charge in [0.25, 0.3) is 0 Å². The number of nitrogens with zero attached hydrogens (tertiary/aromatic N) is 3. The Hall–Kier alpha value is -9.39. The van der Waals surface area contributed by atoms with Crippen LogP contribution in [0.3, 0.4) is 0 Å². The van der Waals surface area contributed by atoms with Gasteiger partial charge in [0.2, 0.25) is 0 Å². The number of benzene rings is 10. The third kappa shape index (κ3) is 7.19. The Morgan fingerprint density at radius 1 is 0.275 bits per heavy atom. The van der Waals surface area contributed by atoms with Gasteiger partial charge in [-0.2, -0.15) is 0 Å². The Kier molecular flexibility index (Phi) is 9.72. The number of anilines is 2. The van der Waals surface area contributed by atoms with Crippen molar-refractivity contribution < 1.29 is 8.83 Å². The van der Waals surface area contributed by atoms with E-state index in [-0.39, 0.29) is 0 Å². The van der Waals surface area contributed by atoms with E-state index in [1.54, 1.807) is 0 Å². The van der Waals surface area contributed by atoms with Gasteiger partial charge in [0, 0.05) is 49.5 Å². The molecule has 0 aliphatic heterocycles. The quantitative estimate of drug-likeness (QED) is 0.156. The fraction of sp³-hybridized carbons (Fsp3) is 0. The first kappa shape index (κ1) is 39.9. The Morgan fingerprint density at radius 3 is 1.19 bits per heavy atom. The number of hydrogen-bond acceptors (Lipinski definition) is 6. The van der Waals surface area contributed by atoms with Crippen LogP contribution in [0.5, 0.6) is 0 Å². The molecule has 324 valence electrons. The predicted octanol–water partition coefficient (Wildman–Crippen LogP) is 17.1. The average molecular weight is 885 g/mol. The van der Waals surface area contributed by atoms with Crippen LogP contribution >= 0.6 is 0 Å². The van der Waals surface area contributed by atoms with Crippen LogP contribution in [0.25, 0.3) is 123 Å². The molecule has 3 heterocycles. The topological polar surface area (TPSA) is 77.0 Å². The molecule has 0 spiro atoms. The second-order valence-corrected chi connectivity index (χ2v) is 17.2. The summed E-state index contributed by atoms with van der Waals surface area (Å²) in [6.07, 6.45) is 0. The molecule has 0 aliphatic carbocycles. The molecule has 10 aromatic carbocycles. The van der Waals surface area contributed by atoms with Gasteiger partial charge in [0.15, 0.2) is 17.5 Å². The molecule has 0 saturated heterocycles. The van der Waals surface area contributed by atoms with Gasteiger partial charge in [-0.15, -0.1) is 0 Å². The van der Waals surface area contributed by atoms with E-state index in [0.29, 0.717) is 28.6 Å². The van der Waals surface area contributed by atoms with Gasteiger partial charge in [0.05, 0.1) is 16.8 Å². The van der Waals surface area contributed by atoms with Gasteiger partial charge in [-0.25, -0.2) is 15.0 Å². The molecule has 13 aromatic rings. The van der Waals surface area contributed by atoms with Crippen LogP contribution in [0.4, 0.5) is 11.4 Å². The van der Waals surface area contributed by atoms with E-state index in [0.717, 1.165) is 105 Å². The zero-order valence-electron chi connectivity index (χ0n) is 37.2. The summed E-state index contributed by atoms with van der Waals surface area (Å²) in [5.74, 6) is 1.49. The minimum absolute atomic E-state index is 0.489. The number of furan rings is 2. The first-order chi connectivity index (χ1) is 34.2. The third-order valence-electron chi connectivity index (χ3n) is 13.0. The molecule has 0 unspecified atom stereocenters. The zero-order chi connectivity index (χ0) is 45.7. The standard InChI is InChI=1S/C63H40N4O2/c1-5-19-40(20-6-1)44-35-36-55(52(37-44)41-21-7-2-8-22-41)64-58-53(42-23-9-3-10-24-42)38-45(39-54(58)43-25-11-4-12-26-43)61-65-62(50-31-17-29-48-46-27-13-15-33-56(46)68-59(48)50)67-63(66-61)51-32-18-30-49-47-28-14-16-34-57(47)69-60(49)51/h1-39,64H. The van der Waals surface area contributed by atoms with E-state index in [9.17, 15) is 0 Å². The number of para-hydroxylation sites is 4. The smallest absolute Gasteiger partial charge is 0.167 e. The Balaban J connectivity index is 1.07. The van der Waals surface area contributed by atoms with E-state index in [2.05, 4.69) is 181 Å². The predicted molar refractivity (Wildman–Crippen MR) is 282 cm³/mol. The monoisotopic (exact) mass is 884 g/mol. The molecular formula is C63H40N4O2. The maximum absolute atomic E-state index is 6.61. The summed E-state index contributed by atoms with van der Waals surface area (Å²) >= 11 is 0. The lowest BCUT2D eigenvalue weighted by Crippen LogP contribution is -2.03. The van der Waals surface area contributed by atoms with Gasteiger partial charge >= 0.3 is 0 Å². The second-order valence-electron chi connectivity index (χ2n) is 17.2. The van der Waals surface area contributed by atoms with Gasteiger partial charge in [-0.1, -0.05) is 188 Å². The van der Waals surface area contributed by atoms with Crippen LogP contribution < -0.4 is 5.32 Å². The highest BCUT2D eigenvalue weighted by atomic mass is 16.3. The van der Waals surface area contributed by atoms with Gasteiger partial charge in [0.1, 0.15) is 22.3 Å². The van der Waals surface area contributed by atoms with Crippen molar-refractivity contribution in [1.29, 1.82) is 0 Å². The van der Waals surface area contributed by atoms with E-state index >= 15 is 0 Å². The molecular weight excluding hydrogens is 845 g/mol. The Labute approximate surface area is 397 Å². The van der Waals surface area contributed by atoms with Crippen LogP contribution in [-0.2, 0) is 0 Å². The van der Waals surface area contributed by atoms with Gasteiger partial charge in [-0.3, -0.25) is 0 Å². The van der Waals surface area contributed by atoms with E-state index in [1.807, 2.05) is 60.7 Å². The maximum atomic E-state index is 6.61. The SMILES string of the molecule is c1ccc(-c2ccc(Nc3c(-c4ccccc4)cc(-c4nc(-c5cccc6c5oc5ccccc56)nc(-c5cccc6c5oc5ccccc56)n4)cc3-c3ccccc3)c(-c3ccccc3)c2)cc1. The van der Waals surface area contributed by atoms with Crippen LogP contribution in [-0.4, -0.2) is 15.0 Å². The van der Waals surface area contributed by atoms with Crippen LogP contribution in [0, 0.1) is 0 Å². The van der Waals surface area contributed by atoms with Crippen molar-refractivity contribution in [3.05, 3.63) is 237 Å². The summed E-state index contributed by atoms with van der Waals surface area (Å²) in [5, 5.41) is 8.07. The van der Waals surface area contributed by atoms with Crippen molar-refractivity contribution >= 4 is 55.3 Å². The maximum Gasteiger partial charge on any atom is 0.167 e. The molecule has 69 heavy (non-hydrogen) atoms. The van der Waals surface area contributed by atoms with Crippen molar-refractivity contribution in [1.82, 2.24) is 15.0 Å². The fourth-order valence-electron chi connectivity index (χ4n) is 9.64. The van der Waals surface area contributed by atoms with Gasteiger partial charge < -0.3 is 14.2 Å². The third-order valence-corrected chi connectivity index (χ3v) is 13.0. The highest BCUT2D eigenvalue weighted by Crippen LogP contribution is 2.45. The summed E-state index contributed by atoms with van der Waals surface area (Å²) in [6.45, 7) is 0. The molecule has 6 nitrogen and oxygen atoms in total. The van der Waals surface area contributed by atoms with E-state index < -0.39 is 0 Å². The number of nitrogens with one attached hydrogen (secondary N) is 1. The number of hydrogen-bond donors (Lipinski definition) is 1. The fourth-order valence-corrected chi connectivity index (χ4v) is 9.64. The molecule has 0 aliphatic rings. The lowest BCUT2D eigenvalue weighted by atomic mass is 9.92. The summed E-state index contributed by atoms with van der Waals surface area (Å²) in [5.41, 5.74) is 15.9. The molecule has 3 aromatic heterocycles. The highest BCUT2D eigenvalue weighted by Gasteiger charge is 2.23. The molecule has 0 amide bonds. The minimum Gasteiger partial charge on any atom is -0.455 e. The van der Waals surface area contributed by atoms with Crippen molar-refractivity contribution in [2.24, 2.45) is 0 Å². The van der Waals surface area contributed by atoms with Crippen molar-refractivity contribution in [3.8, 4) is 78.7 Å². The molecule has 0 radical (unpaired) electrons. The first-order valence-electron chi connectivity index (χ1n) is 23.1. The number of fused-ring (bicyclic) bond motifs is 6. The summed E-state index contributed by atoms with van der Waals surface area (Å²) in [4.78, 5) is 16.1. The van der Waals surface area contributed by atoms with Crippen molar-refractivity contribution in [2.75, 3.05) is 5.32 Å². The van der Waals surface area contributed by atoms with Crippen LogP contribution in [0.1, 0.15) is 0 Å². The lowest BCUT2D eigenvalue weighted by Gasteiger charge is -2.22. The highest BCUT2D eigenvalue weighted by molar-refractivity contribution is 6.10. The zero-order valence-corrected chi connectivity index (χ0v) is 37.2. The first-order valence-corrected chi connectivity index (χ1v) is 23.1. The Bertz CT molecular complexity index is 3840. The molecule has 0 bridgehead atoms. The number of aromatic nitrogens is 3. The second kappa shape index (κ2) is 16.8. The largest absolute Gasteiger partial charge is 0.455 e. The van der Waals surface area contributed by atoms with Crippen molar-refractivity contribution in [2.45, 2.75) is 0 Å². The van der Waals surface area contributed by atoms with Gasteiger partial charge in [-0.05, 0) is 76.3 Å². The van der Waals surface area contributed by atoms with Crippen LogP contribution in [0.2, 0.25) is 0 Å². The minimum atomic E-state index is 0.489. The molecule has 0 atom stereocenters. The molecule has 0 saturated carbocycles. The molecule has 1 N–H and O–H groups in total. The number of rotatable bonds is 9.